The van der Waals surface area contributed by atoms with Crippen molar-refractivity contribution in [2.24, 2.45) is 0 Å². The van der Waals surface area contributed by atoms with E-state index in [-0.39, 0.29) is 23.7 Å². The average molecular weight is 311 g/mol. The van der Waals surface area contributed by atoms with Crippen molar-refractivity contribution in [3.05, 3.63) is 45.5 Å². The lowest BCUT2D eigenvalue weighted by Gasteiger charge is -2.28. The Labute approximate surface area is 123 Å². The van der Waals surface area contributed by atoms with Gasteiger partial charge in [-0.2, -0.15) is 13.2 Å². The summed E-state index contributed by atoms with van der Waals surface area (Å²) in [6, 6.07) is 0.905. The van der Waals surface area contributed by atoms with Crippen molar-refractivity contribution >= 4 is 5.82 Å². The van der Waals surface area contributed by atoms with Crippen molar-refractivity contribution in [1.29, 1.82) is 0 Å². The number of nitrogens with zero attached hydrogens (tertiary/aromatic N) is 4. The topological polar surface area (TPSA) is 74.8 Å². The van der Waals surface area contributed by atoms with Gasteiger partial charge in [0.25, 0.3) is 5.56 Å². The van der Waals surface area contributed by atoms with Crippen LogP contribution in [0.25, 0.3) is 0 Å². The van der Waals surface area contributed by atoms with Crippen LogP contribution in [-0.4, -0.2) is 26.5 Å². The summed E-state index contributed by atoms with van der Waals surface area (Å²) in [5, 5.41) is 0. The zero-order valence-corrected chi connectivity index (χ0v) is 11.6. The smallest absolute Gasteiger partial charge is 0.351 e. The first-order valence-corrected chi connectivity index (χ1v) is 6.58. The molecule has 116 valence electrons. The van der Waals surface area contributed by atoms with E-state index in [2.05, 4.69) is 19.9 Å². The molecule has 1 N–H and O–H groups in total. The van der Waals surface area contributed by atoms with E-state index in [1.807, 2.05) is 0 Å². The number of anilines is 1. The molecule has 22 heavy (non-hydrogen) atoms. The van der Waals surface area contributed by atoms with Gasteiger partial charge in [0.1, 0.15) is 17.3 Å². The molecule has 3 rings (SSSR count). The highest BCUT2D eigenvalue weighted by atomic mass is 19.4. The third-order valence-corrected chi connectivity index (χ3v) is 3.44. The van der Waals surface area contributed by atoms with E-state index in [0.717, 1.165) is 6.07 Å². The lowest BCUT2D eigenvalue weighted by molar-refractivity contribution is -0.141. The highest BCUT2D eigenvalue weighted by Crippen LogP contribution is 2.30. The van der Waals surface area contributed by atoms with Crippen LogP contribution in [0.2, 0.25) is 0 Å². The number of alkyl halides is 3. The van der Waals surface area contributed by atoms with Crippen molar-refractivity contribution in [1.82, 2.24) is 19.9 Å². The number of fused-ring (bicyclic) bond motifs is 1. The van der Waals surface area contributed by atoms with Gasteiger partial charge < -0.3 is 9.88 Å². The van der Waals surface area contributed by atoms with Crippen LogP contribution >= 0.6 is 0 Å². The Morgan fingerprint density at radius 1 is 1.32 bits per heavy atom. The molecule has 1 aliphatic heterocycles. The van der Waals surface area contributed by atoms with Crippen LogP contribution in [0.5, 0.6) is 0 Å². The molecule has 0 fully saturated rings. The van der Waals surface area contributed by atoms with Gasteiger partial charge in [0, 0.05) is 19.0 Å². The molecule has 3 heterocycles. The minimum atomic E-state index is -4.53. The fourth-order valence-corrected chi connectivity index (χ4v) is 2.41. The van der Waals surface area contributed by atoms with E-state index in [0.29, 0.717) is 24.2 Å². The Kier molecular flexibility index (Phi) is 3.34. The largest absolute Gasteiger partial charge is 0.433 e. The second-order valence-electron chi connectivity index (χ2n) is 4.98. The Morgan fingerprint density at radius 3 is 2.82 bits per heavy atom. The maximum atomic E-state index is 12.8. The number of hydrogen-bond acceptors (Lipinski definition) is 5. The molecule has 0 amide bonds. The molecule has 6 nitrogen and oxygen atoms in total. The van der Waals surface area contributed by atoms with Gasteiger partial charge >= 0.3 is 6.18 Å². The second-order valence-corrected chi connectivity index (χ2v) is 4.98. The predicted octanol–water partition coefficient (Wildman–Crippen LogP) is 1.45. The molecule has 1 aliphatic rings. The van der Waals surface area contributed by atoms with E-state index in [9.17, 15) is 18.0 Å². The summed E-state index contributed by atoms with van der Waals surface area (Å²) in [6.45, 7) is 2.02. The molecule has 0 spiro atoms. The molecule has 0 unspecified atom stereocenters. The molecular weight excluding hydrogens is 299 g/mol. The Balaban J connectivity index is 1.98. The molecule has 0 bridgehead atoms. The van der Waals surface area contributed by atoms with Gasteiger partial charge in [-0.05, 0) is 6.92 Å². The highest BCUT2D eigenvalue weighted by Gasteiger charge is 2.34. The summed E-state index contributed by atoms with van der Waals surface area (Å²) in [5.41, 5.74) is -0.141. The number of halogens is 3. The summed E-state index contributed by atoms with van der Waals surface area (Å²) in [6.07, 6.45) is -2.73. The van der Waals surface area contributed by atoms with Gasteiger partial charge in [-0.15, -0.1) is 0 Å². The normalized spacial score (nSPS) is 14.8. The number of H-pyrrole nitrogens is 1. The third kappa shape index (κ3) is 2.66. The van der Waals surface area contributed by atoms with Gasteiger partial charge in [-0.3, -0.25) is 4.79 Å². The number of aromatic nitrogens is 4. The van der Waals surface area contributed by atoms with E-state index in [1.54, 1.807) is 4.90 Å². The van der Waals surface area contributed by atoms with Crippen molar-refractivity contribution in [2.45, 2.75) is 26.1 Å². The van der Waals surface area contributed by atoms with Gasteiger partial charge in [0.2, 0.25) is 0 Å². The fraction of sp³-hybridized carbons (Fsp3) is 0.385. The molecule has 9 heteroatoms. The average Bonchev–Trinajstić information content (AvgIpc) is 2.46. The van der Waals surface area contributed by atoms with Crippen LogP contribution in [-0.2, 0) is 19.1 Å². The molecule has 0 aliphatic carbocycles. The minimum Gasteiger partial charge on any atom is -0.351 e. The maximum Gasteiger partial charge on any atom is 0.433 e. The summed E-state index contributed by atoms with van der Waals surface area (Å²) in [5.74, 6) is 0.199. The highest BCUT2D eigenvalue weighted by molar-refractivity contribution is 5.43. The number of nitrogens with one attached hydrogen (secondary N) is 1. The Morgan fingerprint density at radius 2 is 2.09 bits per heavy atom. The third-order valence-electron chi connectivity index (χ3n) is 3.44. The predicted molar refractivity (Wildman–Crippen MR) is 71.4 cm³/mol. The van der Waals surface area contributed by atoms with Crippen LogP contribution in [0.3, 0.4) is 0 Å². The Hall–Kier alpha value is -2.45. The summed E-state index contributed by atoms with van der Waals surface area (Å²) >= 11 is 0. The second kappa shape index (κ2) is 5.08. The summed E-state index contributed by atoms with van der Waals surface area (Å²) in [4.78, 5) is 27.5. The lowest BCUT2D eigenvalue weighted by Crippen LogP contribution is -2.36. The SMILES string of the molecule is Cc1nc(N2CCc3nc[nH]c(=O)c3C2)cc(C(F)(F)F)n1. The first-order valence-electron chi connectivity index (χ1n) is 6.58. The van der Waals surface area contributed by atoms with E-state index in [1.165, 1.54) is 13.3 Å². The van der Waals surface area contributed by atoms with E-state index >= 15 is 0 Å². The first-order chi connectivity index (χ1) is 10.3. The minimum absolute atomic E-state index is 0.0377. The van der Waals surface area contributed by atoms with Crippen LogP contribution in [0.1, 0.15) is 22.8 Å². The fourth-order valence-electron chi connectivity index (χ4n) is 2.41. The van der Waals surface area contributed by atoms with Gasteiger partial charge in [0.15, 0.2) is 0 Å². The number of aryl methyl sites for hydroxylation is 1. The molecular formula is C13H12F3N5O. The van der Waals surface area contributed by atoms with Crippen LogP contribution in [0.4, 0.5) is 19.0 Å². The van der Waals surface area contributed by atoms with Crippen molar-refractivity contribution in [3.63, 3.8) is 0 Å². The summed E-state index contributed by atoms with van der Waals surface area (Å²) in [7, 11) is 0. The number of hydrogen-bond donors (Lipinski definition) is 1. The zero-order valence-electron chi connectivity index (χ0n) is 11.6. The Bertz CT molecular complexity index is 771. The molecule has 0 atom stereocenters. The van der Waals surface area contributed by atoms with Crippen molar-refractivity contribution in [3.8, 4) is 0 Å². The maximum absolute atomic E-state index is 12.8. The molecule has 0 saturated carbocycles. The lowest BCUT2D eigenvalue weighted by atomic mass is 10.1. The monoisotopic (exact) mass is 311 g/mol. The standard InChI is InChI=1S/C13H12F3N5O/c1-7-19-10(13(14,15)16)4-11(20-7)21-3-2-9-8(5-21)12(22)18-6-17-9/h4,6H,2-3,5H2,1H3,(H,17,18,22). The first kappa shape index (κ1) is 14.5. The number of aromatic amines is 1. The van der Waals surface area contributed by atoms with E-state index < -0.39 is 11.9 Å². The van der Waals surface area contributed by atoms with Crippen LogP contribution < -0.4 is 10.5 Å². The van der Waals surface area contributed by atoms with E-state index in [4.69, 9.17) is 0 Å². The molecule has 0 aromatic carbocycles. The quantitative estimate of drug-likeness (QED) is 0.863. The number of rotatable bonds is 1. The molecule has 2 aromatic heterocycles. The van der Waals surface area contributed by atoms with Crippen LogP contribution in [0, 0.1) is 6.92 Å². The van der Waals surface area contributed by atoms with Crippen LogP contribution in [0.15, 0.2) is 17.2 Å². The van der Waals surface area contributed by atoms with Gasteiger partial charge in [0.05, 0.1) is 24.1 Å². The summed E-state index contributed by atoms with van der Waals surface area (Å²) < 4.78 is 38.5. The van der Waals surface area contributed by atoms with Gasteiger partial charge in [-0.25, -0.2) is 15.0 Å². The van der Waals surface area contributed by atoms with Crippen molar-refractivity contribution < 1.29 is 13.2 Å². The molecule has 0 saturated heterocycles. The van der Waals surface area contributed by atoms with Crippen molar-refractivity contribution in [2.75, 3.05) is 11.4 Å². The van der Waals surface area contributed by atoms with Gasteiger partial charge in [-0.1, -0.05) is 0 Å². The molecule has 0 radical (unpaired) electrons. The zero-order chi connectivity index (χ0) is 15.9. The molecule has 2 aromatic rings.